The van der Waals surface area contributed by atoms with Crippen molar-refractivity contribution < 1.29 is 13.2 Å². The van der Waals surface area contributed by atoms with E-state index in [1.54, 1.807) is 6.92 Å². The molecule has 0 aliphatic rings. The lowest BCUT2D eigenvalue weighted by Crippen LogP contribution is -2.22. The number of ether oxygens (including phenoxy) is 1. The number of hydrogen-bond acceptors (Lipinski definition) is 6. The van der Waals surface area contributed by atoms with Crippen molar-refractivity contribution >= 4 is 15.8 Å². The molecule has 0 aliphatic carbocycles. The third kappa shape index (κ3) is 3.63. The summed E-state index contributed by atoms with van der Waals surface area (Å²) in [6, 6.07) is 0. The van der Waals surface area contributed by atoms with Crippen LogP contribution in [0.3, 0.4) is 0 Å². The zero-order chi connectivity index (χ0) is 12.2. The molecule has 0 spiro atoms. The molecule has 1 aromatic heterocycles. The summed E-state index contributed by atoms with van der Waals surface area (Å²) >= 11 is 0. The van der Waals surface area contributed by atoms with Crippen molar-refractivity contribution in [3.63, 3.8) is 0 Å². The molecule has 7 nitrogen and oxygen atoms in total. The maximum atomic E-state index is 10.7. The second-order valence-electron chi connectivity index (χ2n) is 3.15. The highest BCUT2D eigenvalue weighted by Crippen LogP contribution is 2.19. The first-order valence-corrected chi connectivity index (χ1v) is 6.25. The van der Waals surface area contributed by atoms with Crippen LogP contribution >= 0.6 is 0 Å². The predicted molar refractivity (Wildman–Crippen MR) is 59.8 cm³/mol. The van der Waals surface area contributed by atoms with Crippen LogP contribution in [-0.4, -0.2) is 37.8 Å². The first-order chi connectivity index (χ1) is 7.44. The van der Waals surface area contributed by atoms with E-state index in [-0.39, 0.29) is 12.3 Å². The molecule has 0 atom stereocenters. The summed E-state index contributed by atoms with van der Waals surface area (Å²) in [5, 5.41) is 7.72. The molecule has 3 N–H and O–H groups in total. The van der Waals surface area contributed by atoms with Crippen LogP contribution in [0.2, 0.25) is 0 Å². The Bertz CT molecular complexity index is 460. The molecule has 0 aliphatic heterocycles. The first-order valence-electron chi connectivity index (χ1n) is 4.54. The van der Waals surface area contributed by atoms with Gasteiger partial charge >= 0.3 is 0 Å². The van der Waals surface area contributed by atoms with Gasteiger partial charge in [0.15, 0.2) is 0 Å². The summed E-state index contributed by atoms with van der Waals surface area (Å²) in [7, 11) is -1.96. The van der Waals surface area contributed by atoms with E-state index in [2.05, 4.69) is 15.3 Å². The summed E-state index contributed by atoms with van der Waals surface area (Å²) in [4.78, 5) is 7.87. The molecule has 0 saturated carbocycles. The van der Waals surface area contributed by atoms with Gasteiger partial charge in [-0.3, -0.25) is 0 Å². The largest absolute Gasteiger partial charge is 0.481 e. The van der Waals surface area contributed by atoms with Gasteiger partial charge in [-0.1, -0.05) is 0 Å². The SMILES string of the molecule is COc1ncnc(NCCS(N)(=O)=O)c1C. The van der Waals surface area contributed by atoms with E-state index in [0.29, 0.717) is 11.7 Å². The standard InChI is InChI=1S/C8H14N4O3S/c1-6-7(10-3-4-16(9,13)14)11-5-12-8(6)15-2/h5H,3-4H2,1-2H3,(H2,9,13,14)(H,10,11,12). The monoisotopic (exact) mass is 246 g/mol. The molecule has 0 amide bonds. The van der Waals surface area contributed by atoms with Gasteiger partial charge in [-0.2, -0.15) is 0 Å². The molecule has 8 heteroatoms. The molecule has 1 aromatic rings. The quantitative estimate of drug-likeness (QED) is 0.724. The second kappa shape index (κ2) is 5.08. The number of nitrogens with zero attached hydrogens (tertiary/aromatic N) is 2. The highest BCUT2D eigenvalue weighted by atomic mass is 32.2. The Labute approximate surface area is 94.1 Å². The zero-order valence-corrected chi connectivity index (χ0v) is 9.91. The van der Waals surface area contributed by atoms with Gasteiger partial charge in [0.25, 0.3) is 0 Å². The van der Waals surface area contributed by atoms with Gasteiger partial charge in [-0.15, -0.1) is 0 Å². The van der Waals surface area contributed by atoms with Crippen molar-refractivity contribution in [3.8, 4) is 5.88 Å². The second-order valence-corrected chi connectivity index (χ2v) is 4.88. The summed E-state index contributed by atoms with van der Waals surface area (Å²) in [5.74, 6) is 0.835. The van der Waals surface area contributed by atoms with Gasteiger partial charge in [0.1, 0.15) is 12.1 Å². The molecule has 1 rings (SSSR count). The van der Waals surface area contributed by atoms with Crippen molar-refractivity contribution in [3.05, 3.63) is 11.9 Å². The third-order valence-electron chi connectivity index (χ3n) is 1.91. The number of anilines is 1. The maximum Gasteiger partial charge on any atom is 0.221 e. The Hall–Kier alpha value is -1.41. The van der Waals surface area contributed by atoms with Crippen molar-refractivity contribution in [1.29, 1.82) is 0 Å². The highest BCUT2D eigenvalue weighted by molar-refractivity contribution is 7.89. The van der Waals surface area contributed by atoms with Crippen LogP contribution in [-0.2, 0) is 10.0 Å². The number of nitrogens with two attached hydrogens (primary N) is 1. The molecular formula is C8H14N4O3S. The van der Waals surface area contributed by atoms with Gasteiger partial charge in [0.05, 0.1) is 18.4 Å². The molecule has 16 heavy (non-hydrogen) atoms. The molecule has 0 bridgehead atoms. The Morgan fingerprint density at radius 1 is 1.50 bits per heavy atom. The lowest BCUT2D eigenvalue weighted by atomic mass is 10.3. The Kier molecular flexibility index (Phi) is 4.02. The van der Waals surface area contributed by atoms with Crippen molar-refractivity contribution in [2.24, 2.45) is 5.14 Å². The molecule has 0 saturated heterocycles. The van der Waals surface area contributed by atoms with Crippen LogP contribution in [0, 0.1) is 6.92 Å². The Morgan fingerprint density at radius 2 is 2.19 bits per heavy atom. The fraction of sp³-hybridized carbons (Fsp3) is 0.500. The third-order valence-corrected chi connectivity index (χ3v) is 2.68. The minimum Gasteiger partial charge on any atom is -0.481 e. The number of hydrogen-bond donors (Lipinski definition) is 2. The van der Waals surface area contributed by atoms with E-state index < -0.39 is 10.0 Å². The molecule has 1 heterocycles. The number of aromatic nitrogens is 2. The molecule has 0 aromatic carbocycles. The molecule has 0 radical (unpaired) electrons. The van der Waals surface area contributed by atoms with Crippen molar-refractivity contribution in [2.75, 3.05) is 24.7 Å². The number of methoxy groups -OCH3 is 1. The fourth-order valence-electron chi connectivity index (χ4n) is 1.13. The van der Waals surface area contributed by atoms with E-state index >= 15 is 0 Å². The van der Waals surface area contributed by atoms with E-state index in [1.165, 1.54) is 13.4 Å². The van der Waals surface area contributed by atoms with Gasteiger partial charge in [0, 0.05) is 6.54 Å². The molecule has 90 valence electrons. The number of sulfonamides is 1. The van der Waals surface area contributed by atoms with Gasteiger partial charge in [0.2, 0.25) is 15.9 Å². The van der Waals surface area contributed by atoms with E-state index in [9.17, 15) is 8.42 Å². The fourth-order valence-corrected chi connectivity index (χ4v) is 1.52. The topological polar surface area (TPSA) is 107 Å². The van der Waals surface area contributed by atoms with Crippen LogP contribution in [0.25, 0.3) is 0 Å². The normalized spacial score (nSPS) is 11.2. The molecule has 0 fully saturated rings. The maximum absolute atomic E-state index is 10.7. The smallest absolute Gasteiger partial charge is 0.221 e. The van der Waals surface area contributed by atoms with Crippen molar-refractivity contribution in [1.82, 2.24) is 9.97 Å². The number of nitrogens with one attached hydrogen (secondary N) is 1. The summed E-state index contributed by atoms with van der Waals surface area (Å²) in [5.41, 5.74) is 0.722. The number of primary sulfonamides is 1. The summed E-state index contributed by atoms with van der Waals surface area (Å²) < 4.78 is 26.4. The Balaban J connectivity index is 2.68. The predicted octanol–water partition coefficient (Wildman–Crippen LogP) is -0.506. The van der Waals surface area contributed by atoms with Crippen LogP contribution in [0.15, 0.2) is 6.33 Å². The van der Waals surface area contributed by atoms with Crippen LogP contribution in [0.5, 0.6) is 5.88 Å². The zero-order valence-electron chi connectivity index (χ0n) is 9.10. The Morgan fingerprint density at radius 3 is 2.75 bits per heavy atom. The average Bonchev–Trinajstić information content (AvgIpc) is 2.19. The van der Waals surface area contributed by atoms with E-state index in [4.69, 9.17) is 9.88 Å². The van der Waals surface area contributed by atoms with E-state index in [1.807, 2.05) is 0 Å². The highest BCUT2D eigenvalue weighted by Gasteiger charge is 2.08. The van der Waals surface area contributed by atoms with Crippen molar-refractivity contribution in [2.45, 2.75) is 6.92 Å². The van der Waals surface area contributed by atoms with Gasteiger partial charge in [-0.25, -0.2) is 23.5 Å². The minimum absolute atomic E-state index is 0.154. The average molecular weight is 246 g/mol. The lowest BCUT2D eigenvalue weighted by Gasteiger charge is -2.09. The summed E-state index contributed by atoms with van der Waals surface area (Å²) in [6.07, 6.45) is 1.34. The van der Waals surface area contributed by atoms with E-state index in [0.717, 1.165) is 5.56 Å². The van der Waals surface area contributed by atoms with Crippen LogP contribution < -0.4 is 15.2 Å². The van der Waals surface area contributed by atoms with Crippen LogP contribution in [0.1, 0.15) is 5.56 Å². The van der Waals surface area contributed by atoms with Gasteiger partial charge in [-0.05, 0) is 6.92 Å². The lowest BCUT2D eigenvalue weighted by molar-refractivity contribution is 0.393. The first kappa shape index (κ1) is 12.7. The molecular weight excluding hydrogens is 232 g/mol. The summed E-state index contributed by atoms with van der Waals surface area (Å²) in [6.45, 7) is 1.97. The molecule has 0 unspecified atom stereocenters. The van der Waals surface area contributed by atoms with Gasteiger partial charge < -0.3 is 10.1 Å². The number of rotatable bonds is 5. The van der Waals surface area contributed by atoms with Crippen LogP contribution in [0.4, 0.5) is 5.82 Å². The minimum atomic E-state index is -3.46.